The lowest BCUT2D eigenvalue weighted by Crippen LogP contribution is -2.41. The average molecular weight is 366 g/mol. The SMILES string of the molecule is Cc1nc(-c2ccc(Cl)cc2)sc1[C@H](C)NC(=O)[C@H]1C[C@H](O)CN1. The Morgan fingerprint density at radius 1 is 1.46 bits per heavy atom. The number of β-amino-alcohol motifs (C(OH)–C–C–N with tert-alkyl or cyclic N) is 1. The lowest BCUT2D eigenvalue weighted by atomic mass is 10.1. The third kappa shape index (κ3) is 3.78. The molecule has 1 aliphatic heterocycles. The quantitative estimate of drug-likeness (QED) is 0.778. The van der Waals surface area contributed by atoms with Gasteiger partial charge in [0.2, 0.25) is 5.91 Å². The van der Waals surface area contributed by atoms with Crippen LogP contribution in [-0.2, 0) is 4.79 Å². The number of carbonyl (C=O) groups is 1. The van der Waals surface area contributed by atoms with Gasteiger partial charge in [0.05, 0.1) is 28.8 Å². The number of carbonyl (C=O) groups excluding carboxylic acids is 1. The number of aliphatic hydroxyl groups is 1. The highest BCUT2D eigenvalue weighted by atomic mass is 35.5. The van der Waals surface area contributed by atoms with Crippen molar-refractivity contribution in [2.24, 2.45) is 0 Å². The van der Waals surface area contributed by atoms with Crippen LogP contribution in [0.3, 0.4) is 0 Å². The van der Waals surface area contributed by atoms with Crippen molar-refractivity contribution < 1.29 is 9.90 Å². The van der Waals surface area contributed by atoms with Crippen LogP contribution in [0.25, 0.3) is 10.6 Å². The van der Waals surface area contributed by atoms with Gasteiger partial charge in [0.25, 0.3) is 0 Å². The van der Waals surface area contributed by atoms with E-state index in [0.717, 1.165) is 21.1 Å². The highest BCUT2D eigenvalue weighted by Gasteiger charge is 2.29. The van der Waals surface area contributed by atoms with Crippen LogP contribution in [0.1, 0.15) is 30.0 Å². The number of nitrogens with one attached hydrogen (secondary N) is 2. The molecule has 1 aromatic heterocycles. The topological polar surface area (TPSA) is 74.2 Å². The number of halogens is 1. The second-order valence-corrected chi connectivity index (χ2v) is 7.52. The maximum atomic E-state index is 12.3. The molecule has 3 atom stereocenters. The molecule has 2 aromatic rings. The lowest BCUT2D eigenvalue weighted by Gasteiger charge is -2.16. The molecule has 0 radical (unpaired) electrons. The summed E-state index contributed by atoms with van der Waals surface area (Å²) in [6, 6.07) is 7.11. The Balaban J connectivity index is 1.72. The van der Waals surface area contributed by atoms with Gasteiger partial charge in [0.15, 0.2) is 0 Å². The fourth-order valence-electron chi connectivity index (χ4n) is 2.82. The minimum absolute atomic E-state index is 0.0834. The second kappa shape index (κ2) is 7.19. The molecule has 24 heavy (non-hydrogen) atoms. The van der Waals surface area contributed by atoms with Crippen LogP contribution in [-0.4, -0.2) is 34.7 Å². The predicted molar refractivity (Wildman–Crippen MR) is 96.3 cm³/mol. The molecule has 0 bridgehead atoms. The summed E-state index contributed by atoms with van der Waals surface area (Å²) in [6.45, 7) is 4.37. The number of thiazole rings is 1. The molecule has 1 saturated heterocycles. The summed E-state index contributed by atoms with van der Waals surface area (Å²) in [5.41, 5.74) is 1.93. The zero-order valence-corrected chi connectivity index (χ0v) is 15.1. The minimum Gasteiger partial charge on any atom is -0.392 e. The fourth-order valence-corrected chi connectivity index (χ4v) is 4.02. The highest BCUT2D eigenvalue weighted by molar-refractivity contribution is 7.15. The van der Waals surface area contributed by atoms with Crippen LogP contribution in [0.5, 0.6) is 0 Å². The number of nitrogens with zero attached hydrogens (tertiary/aromatic N) is 1. The first-order valence-electron chi connectivity index (χ1n) is 7.89. The number of aliphatic hydroxyl groups excluding tert-OH is 1. The Morgan fingerprint density at radius 3 is 2.79 bits per heavy atom. The van der Waals surface area contributed by atoms with Crippen LogP contribution < -0.4 is 10.6 Å². The van der Waals surface area contributed by atoms with Crippen molar-refractivity contribution in [3.05, 3.63) is 39.9 Å². The first-order chi connectivity index (χ1) is 11.4. The number of aromatic nitrogens is 1. The number of rotatable bonds is 4. The number of benzene rings is 1. The Kier molecular flexibility index (Phi) is 5.20. The van der Waals surface area contributed by atoms with Gasteiger partial charge in [0.1, 0.15) is 5.01 Å². The number of amides is 1. The molecule has 3 N–H and O–H groups in total. The monoisotopic (exact) mass is 365 g/mol. The Labute approximate surface area is 150 Å². The zero-order chi connectivity index (χ0) is 17.3. The van der Waals surface area contributed by atoms with Crippen molar-refractivity contribution >= 4 is 28.8 Å². The number of aryl methyl sites for hydroxylation is 1. The van der Waals surface area contributed by atoms with Gasteiger partial charge < -0.3 is 15.7 Å². The summed E-state index contributed by atoms with van der Waals surface area (Å²) in [6.07, 6.45) is 0.00804. The molecule has 1 fully saturated rings. The molecular formula is C17H20ClN3O2S. The molecule has 0 spiro atoms. The van der Waals surface area contributed by atoms with E-state index in [1.165, 1.54) is 0 Å². The van der Waals surface area contributed by atoms with Gasteiger partial charge in [-0.25, -0.2) is 4.98 Å². The van der Waals surface area contributed by atoms with Crippen LogP contribution in [0.2, 0.25) is 5.02 Å². The van der Waals surface area contributed by atoms with Crippen molar-refractivity contribution in [3.8, 4) is 10.6 Å². The molecule has 1 amide bonds. The van der Waals surface area contributed by atoms with Gasteiger partial charge in [-0.2, -0.15) is 0 Å². The van der Waals surface area contributed by atoms with E-state index >= 15 is 0 Å². The van der Waals surface area contributed by atoms with Crippen molar-refractivity contribution in [2.75, 3.05) is 6.54 Å². The number of hydrogen-bond donors (Lipinski definition) is 3. The zero-order valence-electron chi connectivity index (χ0n) is 13.5. The first-order valence-corrected chi connectivity index (χ1v) is 9.08. The molecule has 5 nitrogen and oxygen atoms in total. The van der Waals surface area contributed by atoms with Gasteiger partial charge in [0, 0.05) is 17.1 Å². The summed E-state index contributed by atoms with van der Waals surface area (Å²) < 4.78 is 0. The molecule has 1 aliphatic rings. The summed E-state index contributed by atoms with van der Waals surface area (Å²) >= 11 is 7.50. The van der Waals surface area contributed by atoms with E-state index in [2.05, 4.69) is 15.6 Å². The largest absolute Gasteiger partial charge is 0.392 e. The summed E-state index contributed by atoms with van der Waals surface area (Å²) in [5, 5.41) is 17.2. The van der Waals surface area contributed by atoms with Crippen LogP contribution in [0.4, 0.5) is 0 Å². The molecule has 7 heteroatoms. The molecule has 0 saturated carbocycles. The first kappa shape index (κ1) is 17.4. The van der Waals surface area contributed by atoms with Crippen LogP contribution in [0.15, 0.2) is 24.3 Å². The van der Waals surface area contributed by atoms with Crippen LogP contribution in [0, 0.1) is 6.92 Å². The Bertz CT molecular complexity index is 732. The van der Waals surface area contributed by atoms with E-state index in [4.69, 9.17) is 11.6 Å². The standard InChI is InChI=1S/C17H20ClN3O2S/c1-9(20-16(23)14-7-13(22)8-19-14)15-10(2)21-17(24-15)11-3-5-12(18)6-4-11/h3-6,9,13-14,19,22H,7-8H2,1-2H3,(H,20,23)/t9-,13-,14+/m0/s1. The summed E-state index contributed by atoms with van der Waals surface area (Å²) in [7, 11) is 0. The molecule has 1 aromatic carbocycles. The van der Waals surface area contributed by atoms with Gasteiger partial charge in [-0.3, -0.25) is 4.79 Å². The molecule has 128 valence electrons. The second-order valence-electron chi connectivity index (χ2n) is 6.06. The van der Waals surface area contributed by atoms with E-state index in [1.54, 1.807) is 11.3 Å². The van der Waals surface area contributed by atoms with Gasteiger partial charge in [-0.05, 0) is 32.4 Å². The smallest absolute Gasteiger partial charge is 0.237 e. The van der Waals surface area contributed by atoms with E-state index < -0.39 is 6.10 Å². The number of hydrogen-bond acceptors (Lipinski definition) is 5. The van der Waals surface area contributed by atoms with Crippen molar-refractivity contribution in [3.63, 3.8) is 0 Å². The fraction of sp³-hybridized carbons (Fsp3) is 0.412. The third-order valence-electron chi connectivity index (χ3n) is 4.10. The maximum Gasteiger partial charge on any atom is 0.237 e. The van der Waals surface area contributed by atoms with Crippen molar-refractivity contribution in [2.45, 2.75) is 38.5 Å². The Morgan fingerprint density at radius 2 is 2.17 bits per heavy atom. The molecule has 0 aliphatic carbocycles. The van der Waals surface area contributed by atoms with Crippen molar-refractivity contribution in [1.29, 1.82) is 0 Å². The molecule has 3 rings (SSSR count). The summed E-state index contributed by atoms with van der Waals surface area (Å²) in [5.74, 6) is -0.0834. The van der Waals surface area contributed by atoms with Gasteiger partial charge in [-0.15, -0.1) is 11.3 Å². The minimum atomic E-state index is -0.447. The normalized spacial score (nSPS) is 21.7. The maximum absolute atomic E-state index is 12.3. The predicted octanol–water partition coefficient (Wildman–Crippen LogP) is 2.67. The highest BCUT2D eigenvalue weighted by Crippen LogP contribution is 2.32. The molecule has 2 heterocycles. The van der Waals surface area contributed by atoms with E-state index in [0.29, 0.717) is 18.0 Å². The summed E-state index contributed by atoms with van der Waals surface area (Å²) in [4.78, 5) is 17.9. The Hall–Kier alpha value is -1.47. The molecule has 0 unspecified atom stereocenters. The van der Waals surface area contributed by atoms with E-state index in [9.17, 15) is 9.90 Å². The van der Waals surface area contributed by atoms with Crippen LogP contribution >= 0.6 is 22.9 Å². The van der Waals surface area contributed by atoms with E-state index in [1.807, 2.05) is 38.1 Å². The average Bonchev–Trinajstić information content (AvgIpc) is 3.14. The van der Waals surface area contributed by atoms with Gasteiger partial charge in [-0.1, -0.05) is 23.7 Å². The third-order valence-corrected chi connectivity index (χ3v) is 5.74. The van der Waals surface area contributed by atoms with Gasteiger partial charge >= 0.3 is 0 Å². The van der Waals surface area contributed by atoms with E-state index in [-0.39, 0.29) is 18.0 Å². The van der Waals surface area contributed by atoms with Crippen molar-refractivity contribution in [1.82, 2.24) is 15.6 Å². The lowest BCUT2D eigenvalue weighted by molar-refractivity contribution is -0.123. The molecular weight excluding hydrogens is 346 g/mol.